The first-order valence-electron chi connectivity index (χ1n) is 7.89. The Kier molecular flexibility index (Phi) is 5.71. The average Bonchev–Trinajstić information content (AvgIpc) is 3.13. The summed E-state index contributed by atoms with van der Waals surface area (Å²) in [5.74, 6) is 0. The molecule has 0 saturated carbocycles. The van der Waals surface area contributed by atoms with Crippen LogP contribution in [0.25, 0.3) is 22.5 Å². The van der Waals surface area contributed by atoms with Crippen molar-refractivity contribution in [3.63, 3.8) is 0 Å². The van der Waals surface area contributed by atoms with Gasteiger partial charge >= 0.3 is 0 Å². The molecule has 2 aromatic heterocycles. The highest BCUT2D eigenvalue weighted by atomic mass is 35.5. The Morgan fingerprint density at radius 2 is 1.92 bits per heavy atom. The molecule has 0 aliphatic carbocycles. The van der Waals surface area contributed by atoms with Crippen LogP contribution in [0.4, 0.5) is 0 Å². The minimum absolute atomic E-state index is 0. The molecule has 1 fully saturated rings. The fourth-order valence-corrected chi connectivity index (χ4v) is 3.01. The first kappa shape index (κ1) is 17.9. The molecule has 130 valence electrons. The quantitative estimate of drug-likeness (QED) is 0.680. The number of benzene rings is 1. The molecule has 0 radical (unpaired) electrons. The van der Waals surface area contributed by atoms with Crippen molar-refractivity contribution in [2.45, 2.75) is 6.10 Å². The molecule has 0 unspecified atom stereocenters. The van der Waals surface area contributed by atoms with Crippen molar-refractivity contribution >= 4 is 24.0 Å². The summed E-state index contributed by atoms with van der Waals surface area (Å²) in [4.78, 5) is 3.99. The highest BCUT2D eigenvalue weighted by Gasteiger charge is 2.15. The molecule has 0 spiro atoms. The SMILES string of the molecule is Cl.Clc1cc(-c2cc(-c3ccc([C@H]4CNCCO4)cc3)[nH]n2)ccn1. The molecule has 5 nitrogen and oxygen atoms in total. The van der Waals surface area contributed by atoms with Crippen LogP contribution in [0.5, 0.6) is 0 Å². The summed E-state index contributed by atoms with van der Waals surface area (Å²) >= 11 is 5.94. The Labute approximate surface area is 157 Å². The van der Waals surface area contributed by atoms with Gasteiger partial charge in [0.2, 0.25) is 0 Å². The van der Waals surface area contributed by atoms with Crippen LogP contribution < -0.4 is 5.32 Å². The third kappa shape index (κ3) is 4.02. The van der Waals surface area contributed by atoms with Crippen LogP contribution in [0.1, 0.15) is 11.7 Å². The molecule has 1 saturated heterocycles. The van der Waals surface area contributed by atoms with Crippen molar-refractivity contribution in [2.24, 2.45) is 0 Å². The van der Waals surface area contributed by atoms with E-state index in [1.807, 2.05) is 12.1 Å². The predicted molar refractivity (Wildman–Crippen MR) is 101 cm³/mol. The van der Waals surface area contributed by atoms with Gasteiger partial charge < -0.3 is 10.1 Å². The zero-order chi connectivity index (χ0) is 16.4. The summed E-state index contributed by atoms with van der Waals surface area (Å²) in [6.07, 6.45) is 1.81. The lowest BCUT2D eigenvalue weighted by Gasteiger charge is -2.24. The van der Waals surface area contributed by atoms with E-state index in [0.29, 0.717) is 5.15 Å². The van der Waals surface area contributed by atoms with Gasteiger partial charge in [-0.1, -0.05) is 35.9 Å². The number of H-pyrrole nitrogens is 1. The summed E-state index contributed by atoms with van der Waals surface area (Å²) in [5, 5.41) is 11.3. The predicted octanol–water partition coefficient (Wildman–Crippen LogP) is 3.87. The van der Waals surface area contributed by atoms with E-state index in [1.165, 1.54) is 5.56 Å². The van der Waals surface area contributed by atoms with Crippen LogP contribution in [0.15, 0.2) is 48.7 Å². The Bertz CT molecular complexity index is 829. The maximum atomic E-state index is 5.94. The summed E-state index contributed by atoms with van der Waals surface area (Å²) in [5.41, 5.74) is 5.02. The Morgan fingerprint density at radius 1 is 1.08 bits per heavy atom. The number of hydrogen-bond acceptors (Lipinski definition) is 4. The summed E-state index contributed by atoms with van der Waals surface area (Å²) < 4.78 is 5.78. The molecule has 0 amide bonds. The molecule has 7 heteroatoms. The molecule has 1 aromatic carbocycles. The molecule has 1 atom stereocenters. The molecular formula is C18H18Cl2N4O. The van der Waals surface area contributed by atoms with Gasteiger partial charge in [0.1, 0.15) is 5.15 Å². The van der Waals surface area contributed by atoms with Crippen LogP contribution in [0, 0.1) is 0 Å². The first-order valence-corrected chi connectivity index (χ1v) is 8.27. The third-order valence-corrected chi connectivity index (χ3v) is 4.33. The van der Waals surface area contributed by atoms with E-state index in [-0.39, 0.29) is 18.5 Å². The second-order valence-corrected chi connectivity index (χ2v) is 6.11. The fourth-order valence-electron chi connectivity index (χ4n) is 2.84. The molecule has 0 bridgehead atoms. The standard InChI is InChI=1S/C18H17ClN4O.ClH/c19-18-9-14(5-6-21-18)16-10-15(22-23-16)12-1-3-13(4-2-12)17-11-20-7-8-24-17;/h1-6,9-10,17,20H,7-8,11H2,(H,22,23);1H/t17-;/m1./s1. The van der Waals surface area contributed by atoms with Crippen LogP contribution in [0.3, 0.4) is 0 Å². The highest BCUT2D eigenvalue weighted by molar-refractivity contribution is 6.29. The Hall–Kier alpha value is -1.92. The molecule has 1 aliphatic heterocycles. The third-order valence-electron chi connectivity index (χ3n) is 4.12. The normalized spacial score (nSPS) is 17.1. The van der Waals surface area contributed by atoms with E-state index in [4.69, 9.17) is 16.3 Å². The second kappa shape index (κ2) is 7.97. The minimum Gasteiger partial charge on any atom is -0.371 e. The van der Waals surface area contributed by atoms with Gasteiger partial charge in [-0.25, -0.2) is 4.98 Å². The lowest BCUT2D eigenvalue weighted by atomic mass is 10.0. The van der Waals surface area contributed by atoms with Gasteiger partial charge in [0.15, 0.2) is 0 Å². The number of aromatic nitrogens is 3. The molecule has 4 rings (SSSR count). The molecule has 1 aliphatic rings. The van der Waals surface area contributed by atoms with Gasteiger partial charge in [0.05, 0.1) is 24.1 Å². The van der Waals surface area contributed by atoms with Gasteiger partial charge in [-0.2, -0.15) is 5.10 Å². The van der Waals surface area contributed by atoms with Crippen LogP contribution in [-0.4, -0.2) is 34.9 Å². The minimum atomic E-state index is 0. The second-order valence-electron chi connectivity index (χ2n) is 5.72. The van der Waals surface area contributed by atoms with Crippen molar-refractivity contribution in [1.29, 1.82) is 0 Å². The largest absolute Gasteiger partial charge is 0.371 e. The summed E-state index contributed by atoms with van der Waals surface area (Å²) in [6, 6.07) is 14.1. The number of nitrogens with one attached hydrogen (secondary N) is 2. The Morgan fingerprint density at radius 3 is 2.64 bits per heavy atom. The van der Waals surface area contributed by atoms with Gasteiger partial charge in [-0.3, -0.25) is 5.10 Å². The topological polar surface area (TPSA) is 62.8 Å². The van der Waals surface area contributed by atoms with E-state index in [1.54, 1.807) is 12.3 Å². The van der Waals surface area contributed by atoms with Gasteiger partial charge in [0.25, 0.3) is 0 Å². The number of halogens is 2. The molecule has 3 heterocycles. The van der Waals surface area contributed by atoms with E-state index >= 15 is 0 Å². The van der Waals surface area contributed by atoms with Crippen LogP contribution in [-0.2, 0) is 4.74 Å². The van der Waals surface area contributed by atoms with Crippen molar-refractivity contribution in [3.05, 3.63) is 59.4 Å². The number of rotatable bonds is 3. The summed E-state index contributed by atoms with van der Waals surface area (Å²) in [7, 11) is 0. The Balaban J connectivity index is 0.00000182. The number of nitrogens with zero attached hydrogens (tertiary/aromatic N) is 2. The monoisotopic (exact) mass is 376 g/mol. The lowest BCUT2D eigenvalue weighted by molar-refractivity contribution is 0.0277. The zero-order valence-corrected chi connectivity index (χ0v) is 15.0. The fraction of sp³-hybridized carbons (Fsp3) is 0.222. The number of ether oxygens (including phenoxy) is 1. The van der Waals surface area contributed by atoms with Gasteiger partial charge in [0, 0.05) is 24.8 Å². The van der Waals surface area contributed by atoms with Crippen molar-refractivity contribution in [2.75, 3.05) is 19.7 Å². The molecule has 3 aromatic rings. The van der Waals surface area contributed by atoms with E-state index in [9.17, 15) is 0 Å². The number of pyridine rings is 1. The first-order chi connectivity index (χ1) is 11.8. The molecule has 25 heavy (non-hydrogen) atoms. The summed E-state index contributed by atoms with van der Waals surface area (Å²) in [6.45, 7) is 2.53. The van der Waals surface area contributed by atoms with Crippen molar-refractivity contribution in [3.8, 4) is 22.5 Å². The van der Waals surface area contributed by atoms with Gasteiger partial charge in [-0.15, -0.1) is 12.4 Å². The van der Waals surface area contributed by atoms with E-state index in [0.717, 1.165) is 42.2 Å². The zero-order valence-electron chi connectivity index (χ0n) is 13.4. The van der Waals surface area contributed by atoms with Crippen molar-refractivity contribution < 1.29 is 4.74 Å². The van der Waals surface area contributed by atoms with Crippen LogP contribution >= 0.6 is 24.0 Å². The van der Waals surface area contributed by atoms with E-state index < -0.39 is 0 Å². The number of hydrogen-bond donors (Lipinski definition) is 2. The maximum Gasteiger partial charge on any atom is 0.129 e. The highest BCUT2D eigenvalue weighted by Crippen LogP contribution is 2.26. The van der Waals surface area contributed by atoms with E-state index in [2.05, 4.69) is 44.8 Å². The smallest absolute Gasteiger partial charge is 0.129 e. The lowest BCUT2D eigenvalue weighted by Crippen LogP contribution is -2.33. The molecule has 2 N–H and O–H groups in total. The number of aromatic amines is 1. The average molecular weight is 377 g/mol. The van der Waals surface area contributed by atoms with Crippen LogP contribution in [0.2, 0.25) is 5.15 Å². The van der Waals surface area contributed by atoms with Crippen molar-refractivity contribution in [1.82, 2.24) is 20.5 Å². The molecular weight excluding hydrogens is 359 g/mol. The van der Waals surface area contributed by atoms with Gasteiger partial charge in [-0.05, 0) is 29.3 Å². The maximum absolute atomic E-state index is 5.94. The number of morpholine rings is 1.